The molecule has 0 bridgehead atoms. The van der Waals surface area contributed by atoms with E-state index >= 15 is 0 Å². The first-order chi connectivity index (χ1) is 13.1. The Labute approximate surface area is 163 Å². The van der Waals surface area contributed by atoms with Crippen LogP contribution < -0.4 is 5.32 Å². The zero-order valence-corrected chi connectivity index (χ0v) is 16.4. The van der Waals surface area contributed by atoms with Crippen LogP contribution in [0.15, 0.2) is 53.9 Å². The number of likely N-dealkylation sites (N-methyl/N-ethyl adjacent to an activating group) is 1. The third kappa shape index (κ3) is 3.96. The topological polar surface area (TPSA) is 50.2 Å². The third-order valence-corrected chi connectivity index (χ3v) is 5.88. The number of hydrogen-bond acceptors (Lipinski definition) is 4. The van der Waals surface area contributed by atoms with Gasteiger partial charge in [-0.3, -0.25) is 4.79 Å². The minimum Gasteiger partial charge on any atom is -0.349 e. The predicted octanol–water partition coefficient (Wildman–Crippen LogP) is 3.84. The fourth-order valence-electron chi connectivity index (χ4n) is 3.20. The summed E-state index contributed by atoms with van der Waals surface area (Å²) < 4.78 is 1.78. The number of carbonyl (C=O) groups excluding carboxylic acids is 1. The number of carbonyl (C=O) groups is 1. The number of para-hydroxylation sites is 1. The number of amides is 1. The molecule has 6 heteroatoms. The minimum absolute atomic E-state index is 0.0818. The second-order valence-corrected chi connectivity index (χ2v) is 8.16. The Kier molecular flexibility index (Phi) is 5.09. The second-order valence-electron chi connectivity index (χ2n) is 7.18. The van der Waals surface area contributed by atoms with E-state index in [0.29, 0.717) is 18.2 Å². The highest BCUT2D eigenvalue weighted by Gasteiger charge is 2.29. The predicted molar refractivity (Wildman–Crippen MR) is 109 cm³/mol. The Balaban J connectivity index is 1.56. The lowest BCUT2D eigenvalue weighted by Gasteiger charge is -2.23. The normalized spacial score (nSPS) is 15.1. The Morgan fingerprint density at radius 1 is 1.26 bits per heavy atom. The molecule has 27 heavy (non-hydrogen) atoms. The molecule has 1 amide bonds. The van der Waals surface area contributed by atoms with Gasteiger partial charge in [0, 0.05) is 17.3 Å². The second kappa shape index (κ2) is 7.66. The van der Waals surface area contributed by atoms with Crippen molar-refractivity contribution in [2.24, 2.45) is 0 Å². The van der Waals surface area contributed by atoms with Crippen molar-refractivity contribution >= 4 is 17.2 Å². The van der Waals surface area contributed by atoms with Crippen molar-refractivity contribution < 1.29 is 4.79 Å². The van der Waals surface area contributed by atoms with E-state index in [0.717, 1.165) is 24.2 Å². The fourth-order valence-corrected chi connectivity index (χ4v) is 4.13. The molecule has 2 heterocycles. The molecule has 5 nitrogen and oxygen atoms in total. The van der Waals surface area contributed by atoms with Crippen molar-refractivity contribution in [3.05, 3.63) is 70.2 Å². The van der Waals surface area contributed by atoms with Gasteiger partial charge in [0.2, 0.25) is 0 Å². The number of nitrogens with one attached hydrogen (secondary N) is 1. The molecule has 3 aromatic rings. The lowest BCUT2D eigenvalue weighted by Crippen LogP contribution is -2.35. The first-order valence-corrected chi connectivity index (χ1v) is 10.1. The molecule has 1 N–H and O–H groups in total. The van der Waals surface area contributed by atoms with Gasteiger partial charge in [-0.25, -0.2) is 4.68 Å². The minimum atomic E-state index is -0.0818. The highest BCUT2D eigenvalue weighted by molar-refractivity contribution is 7.10. The van der Waals surface area contributed by atoms with Gasteiger partial charge in [-0.2, -0.15) is 5.10 Å². The van der Waals surface area contributed by atoms with Crippen molar-refractivity contribution in [3.63, 3.8) is 0 Å². The van der Waals surface area contributed by atoms with E-state index in [4.69, 9.17) is 5.10 Å². The SMILES string of the molecule is CN(C)C(CNC(=O)c1cc(C2CC2)nn1-c1ccccc1)c1cccs1. The van der Waals surface area contributed by atoms with Crippen LogP contribution in [0.2, 0.25) is 0 Å². The smallest absolute Gasteiger partial charge is 0.270 e. The summed E-state index contributed by atoms with van der Waals surface area (Å²) in [6.07, 6.45) is 2.32. The number of rotatable bonds is 7. The number of thiophene rings is 1. The van der Waals surface area contributed by atoms with Crippen LogP contribution in [-0.2, 0) is 0 Å². The van der Waals surface area contributed by atoms with Gasteiger partial charge in [0.1, 0.15) is 5.69 Å². The van der Waals surface area contributed by atoms with Crippen LogP contribution in [0.4, 0.5) is 0 Å². The van der Waals surface area contributed by atoms with E-state index in [1.54, 1.807) is 16.0 Å². The molecule has 1 unspecified atom stereocenters. The van der Waals surface area contributed by atoms with Gasteiger partial charge in [0.05, 0.1) is 17.4 Å². The van der Waals surface area contributed by atoms with Gasteiger partial charge in [-0.1, -0.05) is 24.3 Å². The van der Waals surface area contributed by atoms with Crippen molar-refractivity contribution in [1.29, 1.82) is 0 Å². The first-order valence-electron chi connectivity index (χ1n) is 9.27. The number of aromatic nitrogens is 2. The van der Waals surface area contributed by atoms with Crippen molar-refractivity contribution in [3.8, 4) is 5.69 Å². The fraction of sp³-hybridized carbons (Fsp3) is 0.333. The van der Waals surface area contributed by atoms with Gasteiger partial charge in [-0.15, -0.1) is 11.3 Å². The van der Waals surface area contributed by atoms with Crippen molar-refractivity contribution in [1.82, 2.24) is 20.0 Å². The van der Waals surface area contributed by atoms with Gasteiger partial charge < -0.3 is 10.2 Å². The molecule has 140 valence electrons. The van der Waals surface area contributed by atoms with Gasteiger partial charge in [0.25, 0.3) is 5.91 Å². The summed E-state index contributed by atoms with van der Waals surface area (Å²) in [4.78, 5) is 16.4. The average molecular weight is 381 g/mol. The largest absolute Gasteiger partial charge is 0.349 e. The van der Waals surface area contributed by atoms with E-state index in [-0.39, 0.29) is 11.9 Å². The Morgan fingerprint density at radius 3 is 2.67 bits per heavy atom. The van der Waals surface area contributed by atoms with Crippen LogP contribution in [0.25, 0.3) is 5.69 Å². The molecule has 1 fully saturated rings. The molecule has 0 saturated heterocycles. The number of nitrogens with zero attached hydrogens (tertiary/aromatic N) is 3. The zero-order chi connectivity index (χ0) is 18.8. The summed E-state index contributed by atoms with van der Waals surface area (Å²) in [7, 11) is 4.08. The summed E-state index contributed by atoms with van der Waals surface area (Å²) in [5.74, 6) is 0.420. The summed E-state index contributed by atoms with van der Waals surface area (Å²) >= 11 is 1.71. The van der Waals surface area contributed by atoms with Crippen LogP contribution in [0.3, 0.4) is 0 Å². The van der Waals surface area contributed by atoms with Gasteiger partial charge in [0.15, 0.2) is 0 Å². The molecule has 1 saturated carbocycles. The highest BCUT2D eigenvalue weighted by Crippen LogP contribution is 2.39. The summed E-state index contributed by atoms with van der Waals surface area (Å²) in [6, 6.07) is 16.1. The Morgan fingerprint density at radius 2 is 2.04 bits per heavy atom. The number of hydrogen-bond donors (Lipinski definition) is 1. The van der Waals surface area contributed by atoms with E-state index < -0.39 is 0 Å². The molecular formula is C21H24N4OS. The van der Waals surface area contributed by atoms with E-state index in [1.165, 1.54) is 4.88 Å². The van der Waals surface area contributed by atoms with E-state index in [1.807, 2.05) is 56.6 Å². The van der Waals surface area contributed by atoms with Crippen LogP contribution in [0.5, 0.6) is 0 Å². The van der Waals surface area contributed by atoms with Crippen LogP contribution in [0.1, 0.15) is 45.9 Å². The molecule has 4 rings (SSSR count). The maximum atomic E-state index is 13.0. The molecule has 1 atom stereocenters. The maximum absolute atomic E-state index is 13.0. The van der Waals surface area contributed by atoms with E-state index in [9.17, 15) is 4.79 Å². The van der Waals surface area contributed by atoms with Crippen molar-refractivity contribution in [2.45, 2.75) is 24.8 Å². The molecule has 1 aliphatic rings. The number of benzene rings is 1. The lowest BCUT2D eigenvalue weighted by molar-refractivity contribution is 0.0934. The van der Waals surface area contributed by atoms with Crippen LogP contribution in [-0.4, -0.2) is 41.2 Å². The van der Waals surface area contributed by atoms with Gasteiger partial charge in [-0.05, 0) is 56.6 Å². The van der Waals surface area contributed by atoms with Crippen LogP contribution in [0, 0.1) is 0 Å². The molecule has 0 aliphatic heterocycles. The van der Waals surface area contributed by atoms with E-state index in [2.05, 4.69) is 21.7 Å². The van der Waals surface area contributed by atoms with Crippen molar-refractivity contribution in [2.75, 3.05) is 20.6 Å². The standard InChI is InChI=1S/C21H24N4OS/c1-24(2)19(20-9-6-12-27-20)14-22-21(26)18-13-17(15-10-11-15)23-25(18)16-7-4-3-5-8-16/h3-9,12-13,15,19H,10-11,14H2,1-2H3,(H,22,26). The van der Waals surface area contributed by atoms with Crippen LogP contribution >= 0.6 is 11.3 Å². The molecule has 0 spiro atoms. The zero-order valence-electron chi connectivity index (χ0n) is 15.6. The lowest BCUT2D eigenvalue weighted by atomic mass is 10.2. The molecular weight excluding hydrogens is 356 g/mol. The molecule has 1 aliphatic carbocycles. The summed E-state index contributed by atoms with van der Waals surface area (Å²) in [6.45, 7) is 0.561. The quantitative estimate of drug-likeness (QED) is 0.677. The Hall–Kier alpha value is -2.44. The summed E-state index contributed by atoms with van der Waals surface area (Å²) in [5, 5.41) is 9.91. The monoisotopic (exact) mass is 380 g/mol. The Bertz CT molecular complexity index is 898. The highest BCUT2D eigenvalue weighted by atomic mass is 32.1. The average Bonchev–Trinajstić information content (AvgIpc) is 3.20. The molecule has 1 aromatic carbocycles. The summed E-state index contributed by atoms with van der Waals surface area (Å²) in [5.41, 5.74) is 2.54. The molecule has 2 aromatic heterocycles. The molecule has 0 radical (unpaired) electrons. The third-order valence-electron chi connectivity index (χ3n) is 4.91. The van der Waals surface area contributed by atoms with Gasteiger partial charge >= 0.3 is 0 Å². The maximum Gasteiger partial charge on any atom is 0.270 e. The first kappa shape index (κ1) is 17.9.